The molecule has 1 aliphatic heterocycles. The Morgan fingerprint density at radius 3 is 2.87 bits per heavy atom. The van der Waals surface area contributed by atoms with Crippen molar-refractivity contribution in [3.8, 4) is 0 Å². The third-order valence-electron chi connectivity index (χ3n) is 5.86. The van der Waals surface area contributed by atoms with Crippen LogP contribution in [-0.2, 0) is 17.8 Å². The number of nitrogens with one attached hydrogen (secondary N) is 2. The number of aromatic nitrogens is 1. The molecule has 5 nitrogen and oxygen atoms in total. The molecule has 3 N–H and O–H groups in total. The lowest BCUT2D eigenvalue weighted by molar-refractivity contribution is -0.969. The predicted molar refractivity (Wildman–Crippen MR) is 116 cm³/mol. The van der Waals surface area contributed by atoms with Crippen molar-refractivity contribution in [2.24, 2.45) is 0 Å². The molecular formula is C24H36FN3O2+2. The second-order valence-corrected chi connectivity index (χ2v) is 8.27. The maximum absolute atomic E-state index is 13.6. The monoisotopic (exact) mass is 417 g/mol. The smallest absolute Gasteiger partial charge is 0.127 e. The maximum Gasteiger partial charge on any atom is 0.127 e. The highest BCUT2D eigenvalue weighted by Gasteiger charge is 2.21. The first-order valence-electron chi connectivity index (χ1n) is 11.1. The van der Waals surface area contributed by atoms with Crippen molar-refractivity contribution in [2.45, 2.75) is 32.0 Å². The number of aliphatic hydroxyl groups is 1. The second kappa shape index (κ2) is 12.0. The number of allylic oxidation sites excluding steroid dienone is 1. The second-order valence-electron chi connectivity index (χ2n) is 8.27. The Morgan fingerprint density at radius 1 is 1.27 bits per heavy atom. The third kappa shape index (κ3) is 7.36. The molecule has 0 bridgehead atoms. The van der Waals surface area contributed by atoms with Crippen LogP contribution in [0.3, 0.4) is 0 Å². The third-order valence-corrected chi connectivity index (χ3v) is 5.86. The summed E-state index contributed by atoms with van der Waals surface area (Å²) in [5, 5.41) is 10.5. The molecule has 0 spiro atoms. The zero-order valence-electron chi connectivity index (χ0n) is 17.9. The van der Waals surface area contributed by atoms with E-state index in [0.717, 1.165) is 70.9 Å². The topological polar surface area (TPSA) is 43.3 Å². The summed E-state index contributed by atoms with van der Waals surface area (Å²) in [5.74, 6) is -0.202. The molecule has 2 heterocycles. The van der Waals surface area contributed by atoms with Crippen LogP contribution in [0.25, 0.3) is 0 Å². The molecule has 6 heteroatoms. The Balaban J connectivity index is 1.63. The normalized spacial score (nSPS) is 17.0. The average molecular weight is 418 g/mol. The molecule has 0 amide bonds. The van der Waals surface area contributed by atoms with Gasteiger partial charge in [-0.05, 0) is 42.7 Å². The Labute approximate surface area is 179 Å². The first-order valence-corrected chi connectivity index (χ1v) is 11.1. The molecule has 1 fully saturated rings. The number of nitrogens with zero attached hydrogens (tertiary/aromatic N) is 1. The summed E-state index contributed by atoms with van der Waals surface area (Å²) in [6, 6.07) is 11.0. The molecule has 0 saturated carbocycles. The van der Waals surface area contributed by atoms with Gasteiger partial charge in [-0.3, -0.25) is 0 Å². The standard InChI is InChI=1S/C24H34FN3O2/c1-2-3-9-24(29)20-27(12-11-26-13-15-30-16-14-26)19-23-8-5-10-28(23)18-21-6-4-7-22(25)17-21/h2,4-8,10,17,24,29H,1,3,9,11-16,18-20H2/p+2/t24-/m0/s1. The van der Waals surface area contributed by atoms with Gasteiger partial charge in [-0.25, -0.2) is 4.39 Å². The summed E-state index contributed by atoms with van der Waals surface area (Å²) in [6.45, 7) is 11.9. The van der Waals surface area contributed by atoms with Gasteiger partial charge in [0.05, 0.1) is 18.9 Å². The van der Waals surface area contributed by atoms with Gasteiger partial charge in [0.1, 0.15) is 51.2 Å². The highest BCUT2D eigenvalue weighted by molar-refractivity contribution is 5.18. The molecular weight excluding hydrogens is 381 g/mol. The largest absolute Gasteiger partial charge is 0.387 e. The molecule has 2 aromatic rings. The van der Waals surface area contributed by atoms with Crippen molar-refractivity contribution < 1.29 is 24.0 Å². The minimum Gasteiger partial charge on any atom is -0.387 e. The van der Waals surface area contributed by atoms with Gasteiger partial charge in [0.2, 0.25) is 0 Å². The number of quaternary nitrogens is 2. The van der Waals surface area contributed by atoms with Crippen LogP contribution in [0.15, 0.2) is 55.3 Å². The van der Waals surface area contributed by atoms with Crippen molar-refractivity contribution >= 4 is 0 Å². The van der Waals surface area contributed by atoms with E-state index in [0.29, 0.717) is 6.54 Å². The van der Waals surface area contributed by atoms with Gasteiger partial charge >= 0.3 is 0 Å². The Hall–Kier alpha value is -1.99. The lowest BCUT2D eigenvalue weighted by Gasteiger charge is -2.27. The van der Waals surface area contributed by atoms with E-state index >= 15 is 0 Å². The average Bonchev–Trinajstić information content (AvgIpc) is 3.17. The SMILES string of the molecule is C=CCC[C@H](O)C[NH+](CC[NH+]1CCOCC1)Cc1cccn1Cc1cccc(F)c1. The van der Waals surface area contributed by atoms with E-state index in [-0.39, 0.29) is 11.9 Å². The molecule has 1 saturated heterocycles. The van der Waals surface area contributed by atoms with E-state index in [9.17, 15) is 9.50 Å². The van der Waals surface area contributed by atoms with Crippen molar-refractivity contribution in [3.63, 3.8) is 0 Å². The van der Waals surface area contributed by atoms with E-state index < -0.39 is 0 Å². The summed E-state index contributed by atoms with van der Waals surface area (Å²) >= 11 is 0. The number of aliphatic hydroxyl groups excluding tert-OH is 1. The van der Waals surface area contributed by atoms with Crippen LogP contribution in [0.4, 0.5) is 4.39 Å². The molecule has 30 heavy (non-hydrogen) atoms. The van der Waals surface area contributed by atoms with Crippen molar-refractivity contribution in [1.82, 2.24) is 4.57 Å². The van der Waals surface area contributed by atoms with Crippen LogP contribution in [0.5, 0.6) is 0 Å². The van der Waals surface area contributed by atoms with Gasteiger partial charge in [-0.1, -0.05) is 18.2 Å². The Kier molecular flexibility index (Phi) is 9.08. The number of benzene rings is 1. The van der Waals surface area contributed by atoms with Gasteiger partial charge in [0.25, 0.3) is 0 Å². The number of hydrogen-bond donors (Lipinski definition) is 3. The van der Waals surface area contributed by atoms with Crippen LogP contribution in [0.1, 0.15) is 24.1 Å². The molecule has 0 radical (unpaired) electrons. The maximum atomic E-state index is 13.6. The van der Waals surface area contributed by atoms with Crippen LogP contribution in [-0.4, -0.2) is 61.7 Å². The highest BCUT2D eigenvalue weighted by atomic mass is 19.1. The number of hydrogen-bond acceptors (Lipinski definition) is 2. The fourth-order valence-corrected chi connectivity index (χ4v) is 4.12. The van der Waals surface area contributed by atoms with Crippen molar-refractivity contribution in [2.75, 3.05) is 45.9 Å². The fraction of sp³-hybridized carbons (Fsp3) is 0.500. The van der Waals surface area contributed by atoms with Gasteiger partial charge in [-0.2, -0.15) is 0 Å². The molecule has 3 rings (SSSR count). The van der Waals surface area contributed by atoms with Gasteiger partial charge in [0.15, 0.2) is 0 Å². The van der Waals surface area contributed by atoms with Gasteiger partial charge in [0, 0.05) is 12.7 Å². The summed E-state index contributed by atoms with van der Waals surface area (Å²) in [7, 11) is 0. The molecule has 1 aromatic carbocycles. The number of morpholine rings is 1. The summed E-state index contributed by atoms with van der Waals surface area (Å²) in [4.78, 5) is 2.96. The first kappa shape index (κ1) is 22.7. The minimum absolute atomic E-state index is 0.202. The van der Waals surface area contributed by atoms with E-state index in [4.69, 9.17) is 4.74 Å². The number of rotatable bonds is 12. The molecule has 1 unspecified atom stereocenters. The van der Waals surface area contributed by atoms with E-state index in [1.54, 1.807) is 17.0 Å². The van der Waals surface area contributed by atoms with E-state index in [1.807, 2.05) is 18.2 Å². The zero-order valence-corrected chi connectivity index (χ0v) is 17.9. The predicted octanol–water partition coefficient (Wildman–Crippen LogP) is 0.303. The molecule has 164 valence electrons. The highest BCUT2D eigenvalue weighted by Crippen LogP contribution is 2.09. The lowest BCUT2D eigenvalue weighted by Crippen LogP contribution is -3.21. The summed E-state index contributed by atoms with van der Waals surface area (Å²) < 4.78 is 21.2. The molecule has 1 aromatic heterocycles. The summed E-state index contributed by atoms with van der Waals surface area (Å²) in [5.41, 5.74) is 2.17. The van der Waals surface area contributed by atoms with Crippen molar-refractivity contribution in [3.05, 3.63) is 72.3 Å². The quantitative estimate of drug-likeness (QED) is 0.435. The van der Waals surface area contributed by atoms with Crippen molar-refractivity contribution in [1.29, 1.82) is 0 Å². The summed E-state index contributed by atoms with van der Waals surface area (Å²) in [6.07, 6.45) is 5.18. The van der Waals surface area contributed by atoms with E-state index in [1.165, 1.54) is 16.7 Å². The lowest BCUT2D eigenvalue weighted by atomic mass is 10.1. The minimum atomic E-state index is -0.329. The van der Waals surface area contributed by atoms with Crippen LogP contribution in [0.2, 0.25) is 0 Å². The molecule has 0 aliphatic carbocycles. The molecule has 1 aliphatic rings. The van der Waals surface area contributed by atoms with Crippen LogP contribution < -0.4 is 9.80 Å². The number of halogens is 1. The van der Waals surface area contributed by atoms with Gasteiger partial charge in [-0.15, -0.1) is 6.58 Å². The van der Waals surface area contributed by atoms with Crippen LogP contribution >= 0.6 is 0 Å². The zero-order chi connectivity index (χ0) is 21.2. The van der Waals surface area contributed by atoms with E-state index in [2.05, 4.69) is 23.4 Å². The molecule has 2 atom stereocenters. The fourth-order valence-electron chi connectivity index (χ4n) is 4.12. The Morgan fingerprint density at radius 2 is 2.10 bits per heavy atom. The first-order chi connectivity index (χ1) is 14.6. The Bertz CT molecular complexity index is 773. The van der Waals surface area contributed by atoms with Gasteiger partial charge < -0.3 is 24.2 Å². The van der Waals surface area contributed by atoms with Crippen LogP contribution in [0, 0.1) is 5.82 Å². The number of ether oxygens (including phenoxy) is 1.